The van der Waals surface area contributed by atoms with Gasteiger partial charge in [0.25, 0.3) is 0 Å². The molecule has 1 rings (SSSR count). The quantitative estimate of drug-likeness (QED) is 0.750. The van der Waals surface area contributed by atoms with Gasteiger partial charge in [0.05, 0.1) is 0 Å². The molecule has 3 heteroatoms. The van der Waals surface area contributed by atoms with Crippen molar-refractivity contribution in [3.05, 3.63) is 0 Å². The lowest BCUT2D eigenvalue weighted by Gasteiger charge is -2.36. The molecule has 0 bridgehead atoms. The van der Waals surface area contributed by atoms with Gasteiger partial charge in [-0.25, -0.2) is 0 Å². The summed E-state index contributed by atoms with van der Waals surface area (Å²) in [5.74, 6) is 0.200. The van der Waals surface area contributed by atoms with Crippen LogP contribution in [0.25, 0.3) is 0 Å². The standard InChI is InChI=1S/C14H28N2O/c1-3-12(4-2)16-13(17)10-14(11-15)8-6-5-7-9-14/h12H,3-11,15H2,1-2H3,(H,16,17). The fraction of sp³-hybridized carbons (Fsp3) is 0.929. The third-order valence-corrected chi connectivity index (χ3v) is 4.23. The van der Waals surface area contributed by atoms with Crippen molar-refractivity contribution in [1.82, 2.24) is 5.32 Å². The van der Waals surface area contributed by atoms with Crippen LogP contribution in [0.4, 0.5) is 0 Å². The summed E-state index contributed by atoms with van der Waals surface area (Å²) in [5.41, 5.74) is 5.99. The van der Waals surface area contributed by atoms with Gasteiger partial charge in [-0.3, -0.25) is 4.79 Å². The molecule has 0 aromatic carbocycles. The zero-order valence-electron chi connectivity index (χ0n) is 11.4. The van der Waals surface area contributed by atoms with Crippen molar-refractivity contribution in [2.24, 2.45) is 11.1 Å². The van der Waals surface area contributed by atoms with E-state index in [1.807, 2.05) is 0 Å². The normalized spacial score (nSPS) is 19.3. The van der Waals surface area contributed by atoms with Gasteiger partial charge in [-0.15, -0.1) is 0 Å². The lowest BCUT2D eigenvalue weighted by Crippen LogP contribution is -2.41. The van der Waals surface area contributed by atoms with Gasteiger partial charge in [-0.2, -0.15) is 0 Å². The van der Waals surface area contributed by atoms with Crippen LogP contribution in [0, 0.1) is 5.41 Å². The van der Waals surface area contributed by atoms with Crippen LogP contribution in [0.5, 0.6) is 0 Å². The maximum absolute atomic E-state index is 12.0. The minimum absolute atomic E-state index is 0.0916. The second-order valence-corrected chi connectivity index (χ2v) is 5.52. The van der Waals surface area contributed by atoms with Crippen molar-refractivity contribution in [3.8, 4) is 0 Å². The van der Waals surface area contributed by atoms with Gasteiger partial charge >= 0.3 is 0 Å². The van der Waals surface area contributed by atoms with Gasteiger partial charge in [0.15, 0.2) is 0 Å². The van der Waals surface area contributed by atoms with Gasteiger partial charge in [0.1, 0.15) is 0 Å². The summed E-state index contributed by atoms with van der Waals surface area (Å²) in [4.78, 5) is 12.0. The minimum Gasteiger partial charge on any atom is -0.353 e. The molecule has 0 aromatic rings. The molecule has 100 valence electrons. The smallest absolute Gasteiger partial charge is 0.220 e. The van der Waals surface area contributed by atoms with Crippen LogP contribution in [0.15, 0.2) is 0 Å². The Morgan fingerprint density at radius 1 is 1.24 bits per heavy atom. The number of rotatable bonds is 6. The number of nitrogens with one attached hydrogen (secondary N) is 1. The van der Waals surface area contributed by atoms with Gasteiger partial charge in [0.2, 0.25) is 5.91 Å². The first-order valence-electron chi connectivity index (χ1n) is 7.15. The number of hydrogen-bond acceptors (Lipinski definition) is 2. The third-order valence-electron chi connectivity index (χ3n) is 4.23. The first kappa shape index (κ1) is 14.5. The Morgan fingerprint density at radius 2 is 1.82 bits per heavy atom. The number of amides is 1. The Morgan fingerprint density at radius 3 is 2.29 bits per heavy atom. The fourth-order valence-corrected chi connectivity index (χ4v) is 2.87. The van der Waals surface area contributed by atoms with Crippen molar-refractivity contribution in [1.29, 1.82) is 0 Å². The van der Waals surface area contributed by atoms with E-state index in [2.05, 4.69) is 19.2 Å². The van der Waals surface area contributed by atoms with E-state index in [0.29, 0.717) is 19.0 Å². The highest BCUT2D eigenvalue weighted by Crippen LogP contribution is 2.38. The van der Waals surface area contributed by atoms with E-state index in [1.165, 1.54) is 19.3 Å². The summed E-state index contributed by atoms with van der Waals surface area (Å²) < 4.78 is 0. The molecule has 3 N–H and O–H groups in total. The summed E-state index contributed by atoms with van der Waals surface area (Å²) in [6.07, 6.45) is 8.66. The Labute approximate surface area is 106 Å². The Balaban J connectivity index is 2.47. The van der Waals surface area contributed by atoms with E-state index >= 15 is 0 Å². The molecular formula is C14H28N2O. The maximum Gasteiger partial charge on any atom is 0.220 e. The van der Waals surface area contributed by atoms with Crippen LogP contribution in [0.3, 0.4) is 0 Å². The van der Waals surface area contributed by atoms with Crippen molar-refractivity contribution in [2.75, 3.05) is 6.54 Å². The highest BCUT2D eigenvalue weighted by atomic mass is 16.1. The summed E-state index contributed by atoms with van der Waals surface area (Å²) in [5, 5.41) is 3.13. The molecule has 17 heavy (non-hydrogen) atoms. The van der Waals surface area contributed by atoms with E-state index in [1.54, 1.807) is 0 Å². The second kappa shape index (κ2) is 7.00. The molecule has 1 aliphatic carbocycles. The second-order valence-electron chi connectivity index (χ2n) is 5.52. The molecule has 1 aliphatic rings. The molecule has 0 unspecified atom stereocenters. The van der Waals surface area contributed by atoms with Crippen molar-refractivity contribution >= 4 is 5.91 Å². The molecule has 1 fully saturated rings. The summed E-state index contributed by atoms with van der Waals surface area (Å²) in [6.45, 7) is 4.89. The first-order chi connectivity index (χ1) is 8.15. The molecule has 0 spiro atoms. The zero-order chi connectivity index (χ0) is 12.7. The Bertz CT molecular complexity index is 230. The Kier molecular flexibility index (Phi) is 5.96. The fourth-order valence-electron chi connectivity index (χ4n) is 2.87. The average Bonchev–Trinajstić information content (AvgIpc) is 2.37. The molecule has 0 aromatic heterocycles. The number of hydrogen-bond donors (Lipinski definition) is 2. The van der Waals surface area contributed by atoms with E-state index in [9.17, 15) is 4.79 Å². The molecule has 0 aliphatic heterocycles. The van der Waals surface area contributed by atoms with Crippen LogP contribution in [0.1, 0.15) is 65.2 Å². The van der Waals surface area contributed by atoms with Crippen LogP contribution in [-0.2, 0) is 4.79 Å². The number of nitrogens with two attached hydrogens (primary N) is 1. The van der Waals surface area contributed by atoms with Gasteiger partial charge < -0.3 is 11.1 Å². The van der Waals surface area contributed by atoms with Crippen LogP contribution in [0.2, 0.25) is 0 Å². The van der Waals surface area contributed by atoms with Crippen molar-refractivity contribution in [2.45, 2.75) is 71.3 Å². The summed E-state index contributed by atoms with van der Waals surface area (Å²) >= 11 is 0. The van der Waals surface area contributed by atoms with Crippen molar-refractivity contribution < 1.29 is 4.79 Å². The van der Waals surface area contributed by atoms with Crippen LogP contribution < -0.4 is 11.1 Å². The van der Waals surface area contributed by atoms with Crippen LogP contribution >= 0.6 is 0 Å². The molecule has 3 nitrogen and oxygen atoms in total. The van der Waals surface area contributed by atoms with Crippen LogP contribution in [-0.4, -0.2) is 18.5 Å². The largest absolute Gasteiger partial charge is 0.353 e. The minimum atomic E-state index is 0.0916. The Hall–Kier alpha value is -0.570. The lowest BCUT2D eigenvalue weighted by atomic mass is 9.71. The molecular weight excluding hydrogens is 212 g/mol. The highest BCUT2D eigenvalue weighted by Gasteiger charge is 2.33. The molecule has 0 heterocycles. The SMILES string of the molecule is CCC(CC)NC(=O)CC1(CN)CCCCC1. The van der Waals surface area contributed by atoms with Gasteiger partial charge in [-0.1, -0.05) is 33.1 Å². The predicted molar refractivity (Wildman–Crippen MR) is 71.7 cm³/mol. The van der Waals surface area contributed by atoms with E-state index < -0.39 is 0 Å². The van der Waals surface area contributed by atoms with Gasteiger partial charge in [-0.05, 0) is 37.6 Å². The van der Waals surface area contributed by atoms with E-state index in [0.717, 1.165) is 25.7 Å². The molecule has 0 atom stereocenters. The zero-order valence-corrected chi connectivity index (χ0v) is 11.4. The van der Waals surface area contributed by atoms with E-state index in [-0.39, 0.29) is 11.3 Å². The first-order valence-corrected chi connectivity index (χ1v) is 7.15. The average molecular weight is 240 g/mol. The lowest BCUT2D eigenvalue weighted by molar-refractivity contribution is -0.124. The topological polar surface area (TPSA) is 55.1 Å². The molecule has 0 saturated heterocycles. The monoisotopic (exact) mass is 240 g/mol. The summed E-state index contributed by atoms with van der Waals surface area (Å²) in [6, 6.07) is 0.334. The maximum atomic E-state index is 12.0. The molecule has 1 amide bonds. The summed E-state index contributed by atoms with van der Waals surface area (Å²) in [7, 11) is 0. The molecule has 1 saturated carbocycles. The third kappa shape index (κ3) is 4.30. The van der Waals surface area contributed by atoms with Gasteiger partial charge in [0, 0.05) is 12.5 Å². The highest BCUT2D eigenvalue weighted by molar-refractivity contribution is 5.77. The molecule has 0 radical (unpaired) electrons. The number of carbonyl (C=O) groups is 1. The van der Waals surface area contributed by atoms with E-state index in [4.69, 9.17) is 5.73 Å². The number of carbonyl (C=O) groups excluding carboxylic acids is 1. The predicted octanol–water partition coefficient (Wildman–Crippen LogP) is 2.59. The van der Waals surface area contributed by atoms with Crippen molar-refractivity contribution in [3.63, 3.8) is 0 Å².